The number of hydrogen-bond acceptors (Lipinski definition) is 7. The molecule has 0 aliphatic carbocycles. The lowest BCUT2D eigenvalue weighted by Crippen LogP contribution is -2.37. The topological polar surface area (TPSA) is 119 Å². The van der Waals surface area contributed by atoms with E-state index >= 15 is 0 Å². The minimum absolute atomic E-state index is 0.0464. The number of likely N-dealkylation sites (N-methyl/N-ethyl adjacent to an activating group) is 1. The lowest BCUT2D eigenvalue weighted by atomic mass is 10.2. The van der Waals surface area contributed by atoms with Crippen molar-refractivity contribution >= 4 is 46.3 Å². The summed E-state index contributed by atoms with van der Waals surface area (Å²) in [5, 5.41) is 16.8. The normalized spacial score (nSPS) is 12.8. The van der Waals surface area contributed by atoms with Gasteiger partial charge in [-0.05, 0) is 45.1 Å². The Balaban J connectivity index is 2.31. The summed E-state index contributed by atoms with van der Waals surface area (Å²) in [5.74, 6) is -1.39. The van der Waals surface area contributed by atoms with E-state index in [0.717, 1.165) is 28.9 Å². The van der Waals surface area contributed by atoms with Crippen molar-refractivity contribution in [2.45, 2.75) is 33.0 Å². The minimum Gasteiger partial charge on any atom is -0.360 e. The molecule has 194 valence electrons. The third kappa shape index (κ3) is 8.24. The zero-order chi connectivity index (χ0) is 26.9. The van der Waals surface area contributed by atoms with E-state index in [4.69, 9.17) is 0 Å². The Labute approximate surface area is 209 Å². The molecule has 1 heterocycles. The van der Waals surface area contributed by atoms with Gasteiger partial charge in [0.15, 0.2) is 5.57 Å². The highest BCUT2D eigenvalue weighted by atomic mass is 32.1. The van der Waals surface area contributed by atoms with Crippen LogP contribution in [0.25, 0.3) is 11.8 Å². The molecular weight excluding hydrogens is 497 g/mol. The van der Waals surface area contributed by atoms with Crippen molar-refractivity contribution in [3.05, 3.63) is 43.8 Å². The van der Waals surface area contributed by atoms with E-state index in [0.29, 0.717) is 11.4 Å². The minimum atomic E-state index is -4.64. The number of nitriles is 1. The molecule has 3 N–H and O–H groups in total. The number of carbonyl (C=O) groups is 2. The van der Waals surface area contributed by atoms with Crippen LogP contribution < -0.4 is 30.7 Å². The predicted octanol–water partition coefficient (Wildman–Crippen LogP) is 1.41. The molecule has 0 saturated carbocycles. The van der Waals surface area contributed by atoms with Crippen LogP contribution in [0.15, 0.2) is 29.1 Å². The van der Waals surface area contributed by atoms with Crippen LogP contribution >= 0.6 is 11.3 Å². The van der Waals surface area contributed by atoms with Crippen molar-refractivity contribution in [3.8, 4) is 6.07 Å². The van der Waals surface area contributed by atoms with Crippen molar-refractivity contribution in [1.82, 2.24) is 14.8 Å². The number of alkyl halides is 3. The van der Waals surface area contributed by atoms with Gasteiger partial charge in [-0.15, -0.1) is 11.3 Å². The Morgan fingerprint density at radius 3 is 2.56 bits per heavy atom. The molecule has 2 rings (SSSR count). The Kier molecular flexibility index (Phi) is 10.2. The number of hydrogen-bond donors (Lipinski definition) is 3. The molecular formula is C23H27F3N6O3S. The molecule has 2 amide bonds. The number of anilines is 2. The average molecular weight is 525 g/mol. The van der Waals surface area contributed by atoms with E-state index in [1.807, 2.05) is 18.9 Å². The van der Waals surface area contributed by atoms with Crippen molar-refractivity contribution in [2.24, 2.45) is 0 Å². The van der Waals surface area contributed by atoms with Crippen LogP contribution in [-0.4, -0.2) is 54.1 Å². The molecule has 36 heavy (non-hydrogen) atoms. The van der Waals surface area contributed by atoms with Crippen LogP contribution in [0.2, 0.25) is 0 Å². The summed E-state index contributed by atoms with van der Waals surface area (Å²) < 4.78 is 38.6. The molecule has 9 nitrogen and oxygen atoms in total. The van der Waals surface area contributed by atoms with Crippen molar-refractivity contribution < 1.29 is 22.8 Å². The van der Waals surface area contributed by atoms with Crippen molar-refractivity contribution in [2.75, 3.05) is 37.3 Å². The summed E-state index contributed by atoms with van der Waals surface area (Å²) in [6.07, 6.45) is -2.34. The van der Waals surface area contributed by atoms with Crippen LogP contribution in [0.5, 0.6) is 0 Å². The fraction of sp³-hybridized carbons (Fsp3) is 0.391. The van der Waals surface area contributed by atoms with Crippen LogP contribution in [0.1, 0.15) is 20.3 Å². The first-order chi connectivity index (χ1) is 17.0. The molecule has 0 atom stereocenters. The van der Waals surface area contributed by atoms with Crippen molar-refractivity contribution in [3.63, 3.8) is 0 Å². The summed E-state index contributed by atoms with van der Waals surface area (Å²) in [4.78, 5) is 39.1. The van der Waals surface area contributed by atoms with Gasteiger partial charge in [0.05, 0.1) is 6.54 Å². The van der Waals surface area contributed by atoms with Crippen LogP contribution in [0.4, 0.5) is 24.5 Å². The first-order valence-corrected chi connectivity index (χ1v) is 11.8. The van der Waals surface area contributed by atoms with Crippen molar-refractivity contribution in [1.29, 1.82) is 5.26 Å². The smallest absolute Gasteiger partial charge is 0.360 e. The number of halogens is 3. The largest absolute Gasteiger partial charge is 0.405 e. The standard InChI is InChI=1S/C23H27F3N6O3S/c1-4-9-31(3)13-19(33)30-16-8-6-7-15(10-16)28-12-18-21(35)32(5-2)22(36-18)17(11-27)20(34)29-14-23(24,25)26/h6-8,10,12,28H,4-5,9,13-14H2,1-3H3,(H,29,34)(H,30,33)/b18-12+,22-17-. The number of benzene rings is 1. The monoisotopic (exact) mass is 524 g/mol. The molecule has 0 fully saturated rings. The number of amides is 2. The van der Waals surface area contributed by atoms with Gasteiger partial charge in [-0.1, -0.05) is 13.0 Å². The van der Waals surface area contributed by atoms with Crippen LogP contribution in [-0.2, 0) is 16.1 Å². The molecule has 1 aromatic carbocycles. The molecule has 0 aliphatic heterocycles. The third-order valence-electron chi connectivity index (χ3n) is 4.76. The highest BCUT2D eigenvalue weighted by Gasteiger charge is 2.28. The fourth-order valence-electron chi connectivity index (χ4n) is 3.20. The Bertz CT molecular complexity index is 1310. The number of aromatic nitrogens is 1. The lowest BCUT2D eigenvalue weighted by molar-refractivity contribution is -0.135. The molecule has 13 heteroatoms. The molecule has 1 aromatic heterocycles. The summed E-state index contributed by atoms with van der Waals surface area (Å²) in [6.45, 7) is 3.16. The van der Waals surface area contributed by atoms with E-state index < -0.39 is 29.8 Å². The van der Waals surface area contributed by atoms with Gasteiger partial charge in [-0.3, -0.25) is 23.9 Å². The second kappa shape index (κ2) is 12.9. The predicted molar refractivity (Wildman–Crippen MR) is 133 cm³/mol. The molecule has 0 unspecified atom stereocenters. The highest BCUT2D eigenvalue weighted by molar-refractivity contribution is 7.07. The maximum Gasteiger partial charge on any atom is 0.405 e. The maximum atomic E-state index is 12.8. The van der Waals surface area contributed by atoms with E-state index in [1.54, 1.807) is 42.6 Å². The van der Waals surface area contributed by atoms with Crippen LogP contribution in [0, 0.1) is 11.3 Å². The first kappa shape index (κ1) is 28.6. The average Bonchev–Trinajstić information content (AvgIpc) is 3.11. The Hall–Kier alpha value is -3.63. The molecule has 0 spiro atoms. The summed E-state index contributed by atoms with van der Waals surface area (Å²) in [5.41, 5.74) is 0.00693. The van der Waals surface area contributed by atoms with Gasteiger partial charge in [-0.2, -0.15) is 18.4 Å². The molecule has 0 aliphatic rings. The Morgan fingerprint density at radius 1 is 1.25 bits per heavy atom. The third-order valence-corrected chi connectivity index (χ3v) is 5.89. The molecule has 0 radical (unpaired) electrons. The quantitative estimate of drug-likeness (QED) is 0.433. The molecule has 0 saturated heterocycles. The van der Waals surface area contributed by atoms with E-state index in [-0.39, 0.29) is 28.2 Å². The Morgan fingerprint density at radius 2 is 1.94 bits per heavy atom. The van der Waals surface area contributed by atoms with E-state index in [1.165, 1.54) is 6.20 Å². The second-order valence-electron chi connectivity index (χ2n) is 7.76. The van der Waals surface area contributed by atoms with Gasteiger partial charge in [0.2, 0.25) is 5.91 Å². The first-order valence-electron chi connectivity index (χ1n) is 11.0. The fourth-order valence-corrected chi connectivity index (χ4v) is 4.29. The van der Waals surface area contributed by atoms with E-state index in [9.17, 15) is 32.8 Å². The van der Waals surface area contributed by atoms with E-state index in [2.05, 4.69) is 10.6 Å². The summed E-state index contributed by atoms with van der Waals surface area (Å²) in [6, 6.07) is 8.39. The second-order valence-corrected chi connectivity index (χ2v) is 8.79. The zero-order valence-electron chi connectivity index (χ0n) is 20.0. The number of thiazole rings is 1. The summed E-state index contributed by atoms with van der Waals surface area (Å²) >= 11 is 0.806. The maximum absolute atomic E-state index is 12.8. The lowest BCUT2D eigenvalue weighted by Gasteiger charge is -2.15. The number of rotatable bonds is 10. The number of nitrogens with zero attached hydrogens (tertiary/aromatic N) is 3. The van der Waals surface area contributed by atoms with Gasteiger partial charge in [-0.25, -0.2) is 0 Å². The molecule has 0 bridgehead atoms. The van der Waals surface area contributed by atoms with Gasteiger partial charge >= 0.3 is 6.18 Å². The highest BCUT2D eigenvalue weighted by Crippen LogP contribution is 2.15. The van der Waals surface area contributed by atoms with Gasteiger partial charge < -0.3 is 16.0 Å². The van der Waals surface area contributed by atoms with Gasteiger partial charge in [0.1, 0.15) is 21.8 Å². The SMILES string of the molecule is CCCN(C)CC(=O)Nc1cccc(N/C=c2/s/c(=C(/C#N)C(=O)NCC(F)(F)F)n(CC)c2=O)c1. The zero-order valence-corrected chi connectivity index (χ0v) is 20.8. The summed E-state index contributed by atoms with van der Waals surface area (Å²) in [7, 11) is 1.85. The molecule has 2 aromatic rings. The number of nitrogens with one attached hydrogen (secondary N) is 3. The number of carbonyl (C=O) groups excluding carboxylic acids is 2. The van der Waals surface area contributed by atoms with Gasteiger partial charge in [0, 0.05) is 24.1 Å². The van der Waals surface area contributed by atoms with Crippen LogP contribution in [0.3, 0.4) is 0 Å². The van der Waals surface area contributed by atoms with Gasteiger partial charge in [0.25, 0.3) is 11.5 Å².